The first-order valence-corrected chi connectivity index (χ1v) is 11.1. The molecule has 2 heterocycles. The number of benzene rings is 2. The summed E-state index contributed by atoms with van der Waals surface area (Å²) in [4.78, 5) is 52.1. The summed E-state index contributed by atoms with van der Waals surface area (Å²) >= 11 is 0. The fourth-order valence-corrected chi connectivity index (χ4v) is 4.45. The maximum absolute atomic E-state index is 13.6. The number of likely N-dealkylation sites (tertiary alicyclic amines) is 1. The number of nitro benzene ring substituents is 1. The highest BCUT2D eigenvalue weighted by molar-refractivity contribution is 6.43. The van der Waals surface area contributed by atoms with Crippen LogP contribution in [0.5, 0.6) is 0 Å². The highest BCUT2D eigenvalue weighted by atomic mass is 16.6. The number of nitro groups is 1. The number of rotatable bonds is 5. The fourth-order valence-electron chi connectivity index (χ4n) is 4.45. The van der Waals surface area contributed by atoms with E-state index in [9.17, 15) is 24.5 Å². The molecular formula is C25H26N4O5. The molecule has 2 aliphatic rings. The Balaban J connectivity index is 1.91. The van der Waals surface area contributed by atoms with Crippen LogP contribution in [0.1, 0.15) is 48.2 Å². The zero-order chi connectivity index (χ0) is 24.6. The lowest BCUT2D eigenvalue weighted by molar-refractivity contribution is -0.384. The quantitative estimate of drug-likeness (QED) is 0.314. The predicted molar refractivity (Wildman–Crippen MR) is 128 cm³/mol. The highest BCUT2D eigenvalue weighted by Crippen LogP contribution is 2.41. The Morgan fingerprint density at radius 2 is 1.65 bits per heavy atom. The highest BCUT2D eigenvalue weighted by Gasteiger charge is 2.38. The average Bonchev–Trinajstić information content (AvgIpc) is 3.09. The summed E-state index contributed by atoms with van der Waals surface area (Å²) in [6.45, 7) is 4.54. The van der Waals surface area contributed by atoms with Gasteiger partial charge in [0, 0.05) is 36.2 Å². The smallest absolute Gasteiger partial charge is 0.269 e. The van der Waals surface area contributed by atoms with Crippen LogP contribution in [0.3, 0.4) is 0 Å². The first kappa shape index (κ1) is 23.3. The van der Waals surface area contributed by atoms with Gasteiger partial charge < -0.3 is 10.2 Å². The zero-order valence-electron chi connectivity index (χ0n) is 19.3. The van der Waals surface area contributed by atoms with E-state index < -0.39 is 16.7 Å². The number of fused-ring (bicyclic) bond motifs is 1. The van der Waals surface area contributed by atoms with E-state index in [1.807, 2.05) is 0 Å². The molecule has 2 aromatic rings. The lowest BCUT2D eigenvalue weighted by Gasteiger charge is -2.31. The van der Waals surface area contributed by atoms with Crippen LogP contribution in [0.4, 0.5) is 11.4 Å². The number of anilines is 1. The van der Waals surface area contributed by atoms with Crippen LogP contribution in [0, 0.1) is 10.1 Å². The van der Waals surface area contributed by atoms with Gasteiger partial charge in [-0.3, -0.25) is 24.5 Å². The van der Waals surface area contributed by atoms with Crippen LogP contribution in [0.2, 0.25) is 0 Å². The summed E-state index contributed by atoms with van der Waals surface area (Å²) in [5.74, 6) is -1.08. The van der Waals surface area contributed by atoms with E-state index in [4.69, 9.17) is 0 Å². The largest absolute Gasteiger partial charge is 0.381 e. The van der Waals surface area contributed by atoms with Crippen molar-refractivity contribution >= 4 is 40.2 Å². The molecule has 0 spiro atoms. The van der Waals surface area contributed by atoms with E-state index in [-0.39, 0.29) is 23.1 Å². The number of Topliss-reactive ketones (excluding diaryl/α,β-unsaturated/α-hetero) is 1. The van der Waals surface area contributed by atoms with E-state index in [2.05, 4.69) is 17.3 Å². The van der Waals surface area contributed by atoms with E-state index in [0.717, 1.165) is 30.8 Å². The minimum absolute atomic E-state index is 0.0604. The molecule has 2 aromatic carbocycles. The Morgan fingerprint density at radius 1 is 1.03 bits per heavy atom. The molecule has 0 aromatic heterocycles. The van der Waals surface area contributed by atoms with Crippen LogP contribution >= 0.6 is 0 Å². The molecule has 1 N–H and O–H groups in total. The Morgan fingerprint density at radius 3 is 2.21 bits per heavy atom. The number of hydrogen-bond acceptors (Lipinski definition) is 7. The maximum Gasteiger partial charge on any atom is 0.269 e. The molecule has 9 nitrogen and oxygen atoms in total. The van der Waals surface area contributed by atoms with Gasteiger partial charge in [-0.2, -0.15) is 0 Å². The van der Waals surface area contributed by atoms with Gasteiger partial charge in [-0.1, -0.05) is 0 Å². The van der Waals surface area contributed by atoms with Crippen molar-refractivity contribution in [3.8, 4) is 0 Å². The minimum Gasteiger partial charge on any atom is -0.381 e. The van der Waals surface area contributed by atoms with Crippen LogP contribution in [0.25, 0.3) is 11.3 Å². The fraction of sp³-hybridized carbons (Fsp3) is 0.320. The Bertz CT molecular complexity index is 1210. The number of imide groups is 1. The van der Waals surface area contributed by atoms with Gasteiger partial charge in [0.25, 0.3) is 11.6 Å². The molecule has 34 heavy (non-hydrogen) atoms. The Kier molecular flexibility index (Phi) is 6.30. The molecule has 2 aliphatic heterocycles. The third kappa shape index (κ3) is 4.34. The molecule has 0 unspecified atom stereocenters. The van der Waals surface area contributed by atoms with Crippen LogP contribution in [-0.4, -0.2) is 53.6 Å². The summed E-state index contributed by atoms with van der Waals surface area (Å²) in [5.41, 5.74) is 2.65. The zero-order valence-corrected chi connectivity index (χ0v) is 19.3. The summed E-state index contributed by atoms with van der Waals surface area (Å²) in [6.07, 6.45) is 1.70. The van der Waals surface area contributed by atoms with Crippen molar-refractivity contribution in [3.63, 3.8) is 0 Å². The summed E-state index contributed by atoms with van der Waals surface area (Å²) in [6, 6.07) is 10.9. The van der Waals surface area contributed by atoms with E-state index in [1.54, 1.807) is 30.3 Å². The topological polar surface area (TPSA) is 113 Å². The number of piperidine rings is 1. The van der Waals surface area contributed by atoms with Gasteiger partial charge in [-0.15, -0.1) is 0 Å². The van der Waals surface area contributed by atoms with Crippen molar-refractivity contribution in [1.29, 1.82) is 0 Å². The SMILES string of the molecule is CC(=O)c1ccc2c(c1)C(=C(NC1CCN(C)CC1)c1ccc([N+](=O)[O-])cc1)C(=O)N2C(C)=O. The molecule has 4 rings (SSSR count). The van der Waals surface area contributed by atoms with Gasteiger partial charge in [0.15, 0.2) is 5.78 Å². The molecule has 176 valence electrons. The summed E-state index contributed by atoms with van der Waals surface area (Å²) < 4.78 is 0. The van der Waals surface area contributed by atoms with Gasteiger partial charge >= 0.3 is 0 Å². The predicted octanol–water partition coefficient (Wildman–Crippen LogP) is 3.24. The lowest BCUT2D eigenvalue weighted by atomic mass is 9.96. The second kappa shape index (κ2) is 9.18. The normalized spacial score (nSPS) is 18.0. The van der Waals surface area contributed by atoms with Crippen molar-refractivity contribution in [2.45, 2.75) is 32.7 Å². The van der Waals surface area contributed by atoms with Crippen molar-refractivity contribution < 1.29 is 19.3 Å². The van der Waals surface area contributed by atoms with Crippen molar-refractivity contribution in [3.05, 3.63) is 69.3 Å². The number of non-ortho nitro benzene ring substituents is 1. The molecule has 0 radical (unpaired) electrons. The summed E-state index contributed by atoms with van der Waals surface area (Å²) in [5, 5.41) is 14.7. The third-order valence-electron chi connectivity index (χ3n) is 6.33. The van der Waals surface area contributed by atoms with E-state index >= 15 is 0 Å². The number of carbonyl (C=O) groups excluding carboxylic acids is 3. The van der Waals surface area contributed by atoms with Crippen LogP contribution in [-0.2, 0) is 9.59 Å². The first-order valence-electron chi connectivity index (χ1n) is 11.1. The lowest BCUT2D eigenvalue weighted by Crippen LogP contribution is -2.40. The number of nitrogens with zero attached hydrogens (tertiary/aromatic N) is 3. The molecule has 9 heteroatoms. The summed E-state index contributed by atoms with van der Waals surface area (Å²) in [7, 11) is 2.05. The second-order valence-electron chi connectivity index (χ2n) is 8.72. The van der Waals surface area contributed by atoms with Crippen molar-refractivity contribution in [2.24, 2.45) is 0 Å². The number of carbonyl (C=O) groups is 3. The molecule has 0 aliphatic carbocycles. The van der Waals surface area contributed by atoms with Crippen molar-refractivity contribution in [2.75, 3.05) is 25.0 Å². The van der Waals surface area contributed by atoms with Crippen LogP contribution in [0.15, 0.2) is 42.5 Å². The van der Waals surface area contributed by atoms with E-state index in [1.165, 1.54) is 26.0 Å². The van der Waals surface area contributed by atoms with Crippen molar-refractivity contribution in [1.82, 2.24) is 10.2 Å². The van der Waals surface area contributed by atoms with E-state index in [0.29, 0.717) is 28.1 Å². The Hall–Kier alpha value is -3.85. The number of amides is 2. The molecule has 0 saturated carbocycles. The van der Waals surface area contributed by atoms with Crippen LogP contribution < -0.4 is 10.2 Å². The first-order chi connectivity index (χ1) is 16.2. The average molecular weight is 463 g/mol. The Labute approximate surface area is 197 Å². The minimum atomic E-state index is -0.489. The molecule has 0 bridgehead atoms. The molecule has 1 saturated heterocycles. The molecule has 0 atom stereocenters. The number of ketones is 1. The molecule has 2 amide bonds. The van der Waals surface area contributed by atoms with Gasteiger partial charge in [0.1, 0.15) is 0 Å². The third-order valence-corrected chi connectivity index (χ3v) is 6.33. The van der Waals surface area contributed by atoms with Gasteiger partial charge in [0.2, 0.25) is 5.91 Å². The van der Waals surface area contributed by atoms with Gasteiger partial charge in [0.05, 0.1) is 21.9 Å². The maximum atomic E-state index is 13.6. The second-order valence-corrected chi connectivity index (χ2v) is 8.72. The number of hydrogen-bond donors (Lipinski definition) is 1. The molecular weight excluding hydrogens is 436 g/mol. The standard InChI is InChI=1S/C25H26N4O5/c1-15(30)18-6-9-22-21(14-18)23(25(32)28(22)16(2)31)24(26-19-10-12-27(3)13-11-19)17-4-7-20(8-5-17)29(33)34/h4-9,14,19,26H,10-13H2,1-3H3. The van der Waals surface area contributed by atoms with Gasteiger partial charge in [-0.25, -0.2) is 4.90 Å². The van der Waals surface area contributed by atoms with Gasteiger partial charge in [-0.05, 0) is 75.8 Å². The monoisotopic (exact) mass is 462 g/mol. The number of nitrogens with one attached hydrogen (secondary N) is 1. The molecule has 1 fully saturated rings.